The monoisotopic (exact) mass is 203 g/mol. The minimum atomic E-state index is -0.108. The maximum Gasteiger partial charge on any atom is 0.0389 e. The molecule has 1 atom stereocenters. The van der Waals surface area contributed by atoms with Gasteiger partial charge in [0.15, 0.2) is 0 Å². The molecule has 15 heavy (non-hydrogen) atoms. The highest BCUT2D eigenvalue weighted by molar-refractivity contribution is 5.54. The molecule has 0 fully saturated rings. The molecule has 0 aromatic heterocycles. The van der Waals surface area contributed by atoms with Crippen molar-refractivity contribution in [3.63, 3.8) is 0 Å². The van der Waals surface area contributed by atoms with E-state index in [2.05, 4.69) is 34.6 Å². The SMILES string of the molecule is Cc1c(C)c(C)c2c(c1C)CCC2(C)N. The molecule has 1 aromatic rings. The van der Waals surface area contributed by atoms with E-state index in [0.717, 1.165) is 12.8 Å². The van der Waals surface area contributed by atoms with E-state index >= 15 is 0 Å². The first kappa shape index (κ1) is 10.7. The molecule has 1 heteroatoms. The average Bonchev–Trinajstić information content (AvgIpc) is 2.48. The summed E-state index contributed by atoms with van der Waals surface area (Å²) in [6, 6.07) is 0. The van der Waals surface area contributed by atoms with Crippen LogP contribution in [0.2, 0.25) is 0 Å². The Morgan fingerprint density at radius 3 is 2.07 bits per heavy atom. The lowest BCUT2D eigenvalue weighted by Crippen LogP contribution is -2.31. The smallest absolute Gasteiger partial charge is 0.0389 e. The first-order valence-electron chi connectivity index (χ1n) is 5.75. The molecule has 0 bridgehead atoms. The molecule has 0 amide bonds. The van der Waals surface area contributed by atoms with E-state index in [1.807, 2.05) is 0 Å². The van der Waals surface area contributed by atoms with E-state index in [-0.39, 0.29) is 5.54 Å². The Kier molecular flexibility index (Phi) is 2.20. The second-order valence-corrected chi connectivity index (χ2v) is 5.27. The molecule has 1 aromatic carbocycles. The highest BCUT2D eigenvalue weighted by Gasteiger charge is 2.34. The Labute approximate surface area is 92.7 Å². The van der Waals surface area contributed by atoms with Crippen molar-refractivity contribution in [1.29, 1.82) is 0 Å². The van der Waals surface area contributed by atoms with Crippen LogP contribution in [-0.4, -0.2) is 0 Å². The zero-order valence-electron chi connectivity index (χ0n) is 10.5. The summed E-state index contributed by atoms with van der Waals surface area (Å²) in [6.45, 7) is 11.1. The molecule has 0 aliphatic heterocycles. The van der Waals surface area contributed by atoms with Gasteiger partial charge in [0.2, 0.25) is 0 Å². The van der Waals surface area contributed by atoms with Crippen molar-refractivity contribution in [1.82, 2.24) is 0 Å². The molecular formula is C14H21N. The number of nitrogens with two attached hydrogens (primary N) is 1. The summed E-state index contributed by atoms with van der Waals surface area (Å²) in [6.07, 6.45) is 2.24. The standard InChI is InChI=1S/C14H21N/c1-8-9(2)11(4)13-12(10(8)3)6-7-14(13,5)15/h6-7,15H2,1-5H3. The Morgan fingerprint density at radius 1 is 0.933 bits per heavy atom. The number of hydrogen-bond donors (Lipinski definition) is 1. The summed E-state index contributed by atoms with van der Waals surface area (Å²) >= 11 is 0. The summed E-state index contributed by atoms with van der Waals surface area (Å²) in [5, 5.41) is 0. The third kappa shape index (κ3) is 1.33. The molecule has 2 N–H and O–H groups in total. The summed E-state index contributed by atoms with van der Waals surface area (Å²) in [4.78, 5) is 0. The largest absolute Gasteiger partial charge is 0.322 e. The fraction of sp³-hybridized carbons (Fsp3) is 0.571. The van der Waals surface area contributed by atoms with E-state index in [4.69, 9.17) is 5.73 Å². The van der Waals surface area contributed by atoms with Gasteiger partial charge in [-0.3, -0.25) is 0 Å². The molecule has 1 aliphatic rings. The van der Waals surface area contributed by atoms with Crippen molar-refractivity contribution in [3.05, 3.63) is 33.4 Å². The van der Waals surface area contributed by atoms with Gasteiger partial charge in [-0.05, 0) is 80.8 Å². The predicted octanol–water partition coefficient (Wildman–Crippen LogP) is 3.04. The molecule has 1 aliphatic carbocycles. The number of fused-ring (bicyclic) bond motifs is 1. The molecule has 2 rings (SSSR count). The fourth-order valence-electron chi connectivity index (χ4n) is 2.99. The van der Waals surface area contributed by atoms with E-state index in [0.29, 0.717) is 0 Å². The molecule has 1 unspecified atom stereocenters. The number of rotatable bonds is 0. The van der Waals surface area contributed by atoms with Crippen LogP contribution in [0.5, 0.6) is 0 Å². The van der Waals surface area contributed by atoms with Crippen LogP contribution in [0, 0.1) is 27.7 Å². The Morgan fingerprint density at radius 2 is 1.47 bits per heavy atom. The molecule has 0 heterocycles. The van der Waals surface area contributed by atoms with Crippen LogP contribution in [-0.2, 0) is 12.0 Å². The van der Waals surface area contributed by atoms with Crippen molar-refractivity contribution in [2.24, 2.45) is 5.73 Å². The maximum atomic E-state index is 6.38. The first-order chi connectivity index (χ1) is 6.86. The fourth-order valence-corrected chi connectivity index (χ4v) is 2.99. The topological polar surface area (TPSA) is 26.0 Å². The van der Waals surface area contributed by atoms with Gasteiger partial charge >= 0.3 is 0 Å². The van der Waals surface area contributed by atoms with E-state index in [1.54, 1.807) is 0 Å². The Bertz CT molecular complexity index is 428. The maximum absolute atomic E-state index is 6.38. The van der Waals surface area contributed by atoms with Gasteiger partial charge in [0, 0.05) is 5.54 Å². The third-order valence-electron chi connectivity index (χ3n) is 4.28. The number of hydrogen-bond acceptors (Lipinski definition) is 1. The van der Waals surface area contributed by atoms with Crippen molar-refractivity contribution in [3.8, 4) is 0 Å². The van der Waals surface area contributed by atoms with Gasteiger partial charge in [-0.2, -0.15) is 0 Å². The van der Waals surface area contributed by atoms with Crippen LogP contribution in [0.15, 0.2) is 0 Å². The molecule has 0 saturated heterocycles. The molecule has 82 valence electrons. The van der Waals surface area contributed by atoms with Gasteiger partial charge in [0.1, 0.15) is 0 Å². The van der Waals surface area contributed by atoms with Gasteiger partial charge < -0.3 is 5.73 Å². The van der Waals surface area contributed by atoms with Crippen LogP contribution in [0.3, 0.4) is 0 Å². The average molecular weight is 203 g/mol. The molecule has 0 radical (unpaired) electrons. The van der Waals surface area contributed by atoms with Crippen LogP contribution in [0.4, 0.5) is 0 Å². The van der Waals surface area contributed by atoms with Crippen LogP contribution in [0.1, 0.15) is 46.7 Å². The molecule has 1 nitrogen and oxygen atoms in total. The minimum Gasteiger partial charge on any atom is -0.322 e. The lowest BCUT2D eigenvalue weighted by molar-refractivity contribution is 0.489. The normalized spacial score (nSPS) is 24.4. The minimum absolute atomic E-state index is 0.108. The quantitative estimate of drug-likeness (QED) is 0.689. The number of benzene rings is 1. The van der Waals surface area contributed by atoms with E-state index in [1.165, 1.54) is 33.4 Å². The van der Waals surface area contributed by atoms with Gasteiger partial charge in [0.05, 0.1) is 0 Å². The molecular weight excluding hydrogens is 182 g/mol. The van der Waals surface area contributed by atoms with Gasteiger partial charge in [-0.25, -0.2) is 0 Å². The Hall–Kier alpha value is -0.820. The summed E-state index contributed by atoms with van der Waals surface area (Å²) in [5.74, 6) is 0. The second-order valence-electron chi connectivity index (χ2n) is 5.27. The van der Waals surface area contributed by atoms with Crippen molar-refractivity contribution in [2.75, 3.05) is 0 Å². The Balaban J connectivity index is 2.82. The highest BCUT2D eigenvalue weighted by atomic mass is 14.7. The lowest BCUT2D eigenvalue weighted by atomic mass is 9.85. The third-order valence-corrected chi connectivity index (χ3v) is 4.28. The molecule has 0 saturated carbocycles. The van der Waals surface area contributed by atoms with Crippen molar-refractivity contribution in [2.45, 2.75) is 53.0 Å². The van der Waals surface area contributed by atoms with Gasteiger partial charge in [-0.1, -0.05) is 0 Å². The van der Waals surface area contributed by atoms with Crippen molar-refractivity contribution >= 4 is 0 Å². The van der Waals surface area contributed by atoms with Crippen LogP contribution >= 0.6 is 0 Å². The lowest BCUT2D eigenvalue weighted by Gasteiger charge is -2.24. The van der Waals surface area contributed by atoms with Crippen molar-refractivity contribution < 1.29 is 0 Å². The molecule has 0 spiro atoms. The van der Waals surface area contributed by atoms with Crippen LogP contribution < -0.4 is 5.73 Å². The van der Waals surface area contributed by atoms with Gasteiger partial charge in [-0.15, -0.1) is 0 Å². The highest BCUT2D eigenvalue weighted by Crippen LogP contribution is 2.41. The summed E-state index contributed by atoms with van der Waals surface area (Å²) < 4.78 is 0. The predicted molar refractivity (Wildman–Crippen MR) is 65.3 cm³/mol. The van der Waals surface area contributed by atoms with E-state index in [9.17, 15) is 0 Å². The summed E-state index contributed by atoms with van der Waals surface area (Å²) in [7, 11) is 0. The van der Waals surface area contributed by atoms with Gasteiger partial charge in [0.25, 0.3) is 0 Å². The first-order valence-corrected chi connectivity index (χ1v) is 5.75. The van der Waals surface area contributed by atoms with Crippen LogP contribution in [0.25, 0.3) is 0 Å². The second kappa shape index (κ2) is 3.08. The zero-order chi connectivity index (χ0) is 11.4. The zero-order valence-corrected chi connectivity index (χ0v) is 10.5. The van der Waals surface area contributed by atoms with E-state index < -0.39 is 0 Å². The summed E-state index contributed by atoms with van der Waals surface area (Å²) in [5.41, 5.74) is 14.9.